The highest BCUT2D eigenvalue weighted by Crippen LogP contribution is 2.24. The quantitative estimate of drug-likeness (QED) is 0.352. The Morgan fingerprint density at radius 2 is 1.63 bits per heavy atom. The summed E-state index contributed by atoms with van der Waals surface area (Å²) in [6.07, 6.45) is 4.07. The van der Waals surface area contributed by atoms with Gasteiger partial charge in [0.1, 0.15) is 0 Å². The first-order valence-corrected chi connectivity index (χ1v) is 14.4. The van der Waals surface area contributed by atoms with Crippen molar-refractivity contribution in [2.45, 2.75) is 52.0 Å². The lowest BCUT2D eigenvalue weighted by Gasteiger charge is -2.31. The van der Waals surface area contributed by atoms with Crippen molar-refractivity contribution in [2.24, 2.45) is 0 Å². The van der Waals surface area contributed by atoms with E-state index in [1.54, 1.807) is 6.92 Å². The van der Waals surface area contributed by atoms with Crippen molar-refractivity contribution in [3.63, 3.8) is 0 Å². The summed E-state index contributed by atoms with van der Waals surface area (Å²) in [5.41, 5.74) is 5.56. The molecule has 0 radical (unpaired) electrons. The molecule has 190 valence electrons. The zero-order valence-corrected chi connectivity index (χ0v) is 21.9. The fraction of sp³-hybridized carbons (Fsp3) is 0.464. The van der Waals surface area contributed by atoms with Crippen LogP contribution in [0.3, 0.4) is 0 Å². The highest BCUT2D eigenvalue weighted by molar-refractivity contribution is 7.89. The van der Waals surface area contributed by atoms with Crippen LogP contribution in [0.2, 0.25) is 0 Å². The van der Waals surface area contributed by atoms with Crippen LogP contribution in [-0.2, 0) is 16.4 Å². The standard InChI is InChI=1S/C28H40N4O2S/c1-3-30-28(22-26(29)21-23-11-7-5-8-12-23)25-15-18-32(19-16-25)20-17-27(31-35(33,34)4-2)24-13-9-6-10-14-24/h5-14,27,29-31H,3-4,15-22H2,1-2H3/t27-/m0/s1. The van der Waals surface area contributed by atoms with Crippen LogP contribution in [0, 0.1) is 5.41 Å². The van der Waals surface area contributed by atoms with E-state index >= 15 is 0 Å². The van der Waals surface area contributed by atoms with Crippen LogP contribution < -0.4 is 10.0 Å². The highest BCUT2D eigenvalue weighted by Gasteiger charge is 2.22. The lowest BCUT2D eigenvalue weighted by atomic mass is 9.96. The van der Waals surface area contributed by atoms with Gasteiger partial charge in [0.25, 0.3) is 0 Å². The number of allylic oxidation sites excluding steroid dienone is 1. The molecular weight excluding hydrogens is 456 g/mol. The zero-order valence-electron chi connectivity index (χ0n) is 21.1. The van der Waals surface area contributed by atoms with E-state index in [9.17, 15) is 8.42 Å². The summed E-state index contributed by atoms with van der Waals surface area (Å²) in [5, 5.41) is 12.1. The molecule has 2 aromatic carbocycles. The summed E-state index contributed by atoms with van der Waals surface area (Å²) in [5.74, 6) is 0.0840. The van der Waals surface area contributed by atoms with Crippen LogP contribution in [0.25, 0.3) is 0 Å². The number of sulfonamides is 1. The molecule has 7 heteroatoms. The fourth-order valence-electron chi connectivity index (χ4n) is 4.58. The Bertz CT molecular complexity index is 1060. The van der Waals surface area contributed by atoms with Crippen LogP contribution in [0.15, 0.2) is 71.9 Å². The molecule has 1 saturated heterocycles. The van der Waals surface area contributed by atoms with Gasteiger partial charge >= 0.3 is 0 Å². The lowest BCUT2D eigenvalue weighted by Crippen LogP contribution is -2.36. The lowest BCUT2D eigenvalue weighted by molar-refractivity contribution is 0.243. The molecule has 0 saturated carbocycles. The van der Waals surface area contributed by atoms with Crippen molar-refractivity contribution in [3.05, 3.63) is 83.1 Å². The molecule has 35 heavy (non-hydrogen) atoms. The molecule has 0 bridgehead atoms. The molecule has 1 heterocycles. The van der Waals surface area contributed by atoms with Gasteiger partial charge in [-0.15, -0.1) is 0 Å². The molecule has 0 unspecified atom stereocenters. The predicted molar refractivity (Wildman–Crippen MR) is 145 cm³/mol. The van der Waals surface area contributed by atoms with E-state index in [0.717, 1.165) is 56.7 Å². The van der Waals surface area contributed by atoms with Crippen molar-refractivity contribution in [1.29, 1.82) is 5.41 Å². The van der Waals surface area contributed by atoms with Crippen LogP contribution in [-0.4, -0.2) is 51.0 Å². The number of rotatable bonds is 13. The second kappa shape index (κ2) is 13.6. The van der Waals surface area contributed by atoms with Crippen LogP contribution in [0.5, 0.6) is 0 Å². The number of hydrogen-bond donors (Lipinski definition) is 3. The Morgan fingerprint density at radius 1 is 1.00 bits per heavy atom. The fourth-order valence-corrected chi connectivity index (χ4v) is 5.44. The smallest absolute Gasteiger partial charge is 0.211 e. The Morgan fingerprint density at radius 3 is 2.23 bits per heavy atom. The van der Waals surface area contributed by atoms with Crippen molar-refractivity contribution in [2.75, 3.05) is 31.9 Å². The van der Waals surface area contributed by atoms with Crippen molar-refractivity contribution in [3.8, 4) is 0 Å². The van der Waals surface area contributed by atoms with Crippen molar-refractivity contribution in [1.82, 2.24) is 14.9 Å². The van der Waals surface area contributed by atoms with Crippen LogP contribution >= 0.6 is 0 Å². The monoisotopic (exact) mass is 496 g/mol. The summed E-state index contributed by atoms with van der Waals surface area (Å²) >= 11 is 0. The van der Waals surface area contributed by atoms with Gasteiger partial charge in [-0.3, -0.25) is 0 Å². The van der Waals surface area contributed by atoms with E-state index in [-0.39, 0.29) is 11.8 Å². The van der Waals surface area contributed by atoms with E-state index in [1.807, 2.05) is 48.5 Å². The first-order chi connectivity index (χ1) is 16.9. The van der Waals surface area contributed by atoms with Crippen LogP contribution in [0.4, 0.5) is 0 Å². The van der Waals surface area contributed by atoms with Gasteiger partial charge in [-0.1, -0.05) is 60.7 Å². The minimum absolute atomic E-state index is 0.0840. The number of piperidine rings is 1. The molecule has 6 nitrogen and oxygen atoms in total. The summed E-state index contributed by atoms with van der Waals surface area (Å²) in [4.78, 5) is 2.43. The van der Waals surface area contributed by atoms with E-state index in [1.165, 1.54) is 16.8 Å². The topological polar surface area (TPSA) is 85.3 Å². The molecule has 0 amide bonds. The summed E-state index contributed by atoms with van der Waals surface area (Å²) in [6, 6.07) is 19.9. The van der Waals surface area contributed by atoms with Crippen molar-refractivity contribution < 1.29 is 8.42 Å². The molecule has 1 fully saturated rings. The first kappa shape index (κ1) is 27.1. The number of nitrogens with one attached hydrogen (secondary N) is 3. The molecule has 1 atom stereocenters. The van der Waals surface area contributed by atoms with Gasteiger partial charge in [0, 0.05) is 56.5 Å². The summed E-state index contributed by atoms with van der Waals surface area (Å²) < 4.78 is 27.4. The molecule has 1 aliphatic rings. The molecule has 0 spiro atoms. The zero-order chi connectivity index (χ0) is 25.1. The van der Waals surface area contributed by atoms with E-state index in [2.05, 4.69) is 34.0 Å². The number of nitrogens with zero attached hydrogens (tertiary/aromatic N) is 1. The summed E-state index contributed by atoms with van der Waals surface area (Å²) in [6.45, 7) is 7.40. The Labute approximate surface area is 211 Å². The minimum atomic E-state index is -3.28. The van der Waals surface area contributed by atoms with Gasteiger partial charge in [-0.25, -0.2) is 13.1 Å². The second-order valence-electron chi connectivity index (χ2n) is 9.17. The van der Waals surface area contributed by atoms with Gasteiger partial charge < -0.3 is 15.6 Å². The molecule has 0 aromatic heterocycles. The predicted octanol–water partition coefficient (Wildman–Crippen LogP) is 4.67. The molecular formula is C28H40N4O2S. The summed E-state index contributed by atoms with van der Waals surface area (Å²) in [7, 11) is -3.28. The average molecular weight is 497 g/mol. The number of hydrogen-bond acceptors (Lipinski definition) is 5. The third-order valence-electron chi connectivity index (χ3n) is 6.56. The second-order valence-corrected chi connectivity index (χ2v) is 11.2. The van der Waals surface area contributed by atoms with Gasteiger partial charge in [-0.05, 0) is 49.8 Å². The largest absolute Gasteiger partial charge is 0.388 e. The number of likely N-dealkylation sites (tertiary alicyclic amines) is 1. The maximum atomic E-state index is 12.3. The average Bonchev–Trinajstić information content (AvgIpc) is 2.88. The first-order valence-electron chi connectivity index (χ1n) is 12.7. The van der Waals surface area contributed by atoms with Crippen LogP contribution in [0.1, 0.15) is 56.7 Å². The van der Waals surface area contributed by atoms with E-state index in [4.69, 9.17) is 5.41 Å². The van der Waals surface area contributed by atoms with Crippen molar-refractivity contribution >= 4 is 15.7 Å². The maximum absolute atomic E-state index is 12.3. The highest BCUT2D eigenvalue weighted by atomic mass is 32.2. The Balaban J connectivity index is 1.57. The Hall–Kier alpha value is -2.48. The van der Waals surface area contributed by atoms with Gasteiger partial charge in [0.05, 0.1) is 5.75 Å². The van der Waals surface area contributed by atoms with E-state index in [0.29, 0.717) is 12.8 Å². The minimum Gasteiger partial charge on any atom is -0.388 e. The molecule has 0 aliphatic carbocycles. The molecule has 2 aromatic rings. The van der Waals surface area contributed by atoms with E-state index < -0.39 is 10.0 Å². The third kappa shape index (κ3) is 8.91. The normalized spacial score (nSPS) is 15.5. The SMILES string of the molecule is CCNC(CC(=N)Cc1ccccc1)=C1CCN(CC[C@H](NS(=O)(=O)CC)c2ccccc2)CC1. The molecule has 3 N–H and O–H groups in total. The third-order valence-corrected chi connectivity index (χ3v) is 7.97. The molecule has 3 rings (SSSR count). The van der Waals surface area contributed by atoms with Gasteiger partial charge in [0.2, 0.25) is 10.0 Å². The number of benzene rings is 2. The maximum Gasteiger partial charge on any atom is 0.211 e. The van der Waals surface area contributed by atoms with Gasteiger partial charge in [-0.2, -0.15) is 0 Å². The Kier molecular flexibility index (Phi) is 10.5. The van der Waals surface area contributed by atoms with Gasteiger partial charge in [0.15, 0.2) is 0 Å². The molecule has 1 aliphatic heterocycles.